The molecule has 6 nitrogen and oxygen atoms in total. The summed E-state index contributed by atoms with van der Waals surface area (Å²) < 4.78 is 28.8. The summed E-state index contributed by atoms with van der Waals surface area (Å²) in [5, 5.41) is 4.44. The molecule has 35 heavy (non-hydrogen) atoms. The Morgan fingerprint density at radius 2 is 1.89 bits per heavy atom. The van der Waals surface area contributed by atoms with Crippen LogP contribution in [0, 0.1) is 5.82 Å². The fraction of sp³-hybridized carbons (Fsp3) is 0.444. The van der Waals surface area contributed by atoms with E-state index in [0.717, 1.165) is 59.1 Å². The molecule has 2 aromatic carbocycles. The Labute approximate surface area is 208 Å². The number of carbonyl (C=O) groups is 1. The van der Waals surface area contributed by atoms with E-state index in [1.54, 1.807) is 12.1 Å². The fourth-order valence-corrected chi connectivity index (χ4v) is 6.28. The molecule has 0 radical (unpaired) electrons. The van der Waals surface area contributed by atoms with Crippen LogP contribution < -0.4 is 11.1 Å². The molecular weight excluding hydrogens is 463 g/mol. The van der Waals surface area contributed by atoms with Crippen molar-refractivity contribution in [3.8, 4) is 11.1 Å². The van der Waals surface area contributed by atoms with Crippen LogP contribution >= 0.6 is 0 Å². The number of nitrogens with two attached hydrogens (primary N) is 1. The molecule has 2 fully saturated rings. The van der Waals surface area contributed by atoms with Gasteiger partial charge in [0, 0.05) is 43.0 Å². The standard InChI is InChI=1S/C27H33FN4O2S/c1-2-35(34)32-8-6-18(7-9-32)25-16-31-26-23(25)13-20(14-24(26)27(29)33)19-10-17(11-21(28)12-19)15-30-22-4-3-5-22/h10-14,16,18,22,30-31H,2-9,15H2,1H3,(H2,29,33). The highest BCUT2D eigenvalue weighted by atomic mass is 32.2. The monoisotopic (exact) mass is 496 g/mol. The summed E-state index contributed by atoms with van der Waals surface area (Å²) in [7, 11) is -0.924. The van der Waals surface area contributed by atoms with Crippen LogP contribution in [0.1, 0.15) is 66.4 Å². The number of fused-ring (bicyclic) bond motifs is 1. The number of halogens is 1. The van der Waals surface area contributed by atoms with E-state index in [-0.39, 0.29) is 5.82 Å². The summed E-state index contributed by atoms with van der Waals surface area (Å²) in [4.78, 5) is 15.6. The zero-order chi connectivity index (χ0) is 24.5. The molecule has 0 bridgehead atoms. The van der Waals surface area contributed by atoms with Gasteiger partial charge in [0.2, 0.25) is 0 Å². The van der Waals surface area contributed by atoms with Gasteiger partial charge < -0.3 is 16.0 Å². The average Bonchev–Trinajstić information content (AvgIpc) is 3.25. The van der Waals surface area contributed by atoms with Crippen molar-refractivity contribution < 1.29 is 13.4 Å². The van der Waals surface area contributed by atoms with Crippen LogP contribution in [0.15, 0.2) is 36.5 Å². The average molecular weight is 497 g/mol. The first-order chi connectivity index (χ1) is 16.9. The number of hydrogen-bond acceptors (Lipinski definition) is 3. The smallest absolute Gasteiger partial charge is 0.250 e. The van der Waals surface area contributed by atoms with E-state index in [1.807, 2.05) is 29.6 Å². The van der Waals surface area contributed by atoms with Crippen LogP contribution in [0.25, 0.3) is 22.0 Å². The molecule has 186 valence electrons. The van der Waals surface area contributed by atoms with Gasteiger partial charge in [-0.15, -0.1) is 0 Å². The highest BCUT2D eigenvalue weighted by Gasteiger charge is 2.26. The lowest BCUT2D eigenvalue weighted by Crippen LogP contribution is -2.35. The van der Waals surface area contributed by atoms with Gasteiger partial charge in [-0.2, -0.15) is 0 Å². The van der Waals surface area contributed by atoms with Gasteiger partial charge in [0.1, 0.15) is 5.82 Å². The van der Waals surface area contributed by atoms with Crippen LogP contribution in [0.5, 0.6) is 0 Å². The number of H-pyrrole nitrogens is 1. The van der Waals surface area contributed by atoms with E-state index >= 15 is 0 Å². The molecule has 1 unspecified atom stereocenters. The number of benzene rings is 2. The van der Waals surface area contributed by atoms with Gasteiger partial charge in [-0.05, 0) is 84.2 Å². The zero-order valence-electron chi connectivity index (χ0n) is 20.1. The first-order valence-corrected chi connectivity index (χ1v) is 13.8. The Bertz CT molecular complexity index is 1260. The Kier molecular flexibility index (Phi) is 7.05. The normalized spacial score (nSPS) is 18.6. The van der Waals surface area contributed by atoms with Crippen molar-refractivity contribution in [2.45, 2.75) is 57.5 Å². The molecule has 4 N–H and O–H groups in total. The highest BCUT2D eigenvalue weighted by molar-refractivity contribution is 7.82. The summed E-state index contributed by atoms with van der Waals surface area (Å²) in [6, 6.07) is 9.40. The SMILES string of the molecule is CCS(=O)N1CCC(c2c[nH]c3c(C(N)=O)cc(-c4cc(F)cc(CNC5CCC5)c4)cc23)CC1. The van der Waals surface area contributed by atoms with Crippen LogP contribution in [0.2, 0.25) is 0 Å². The van der Waals surface area contributed by atoms with Gasteiger partial charge in [0.25, 0.3) is 5.91 Å². The van der Waals surface area contributed by atoms with E-state index < -0.39 is 16.9 Å². The van der Waals surface area contributed by atoms with Gasteiger partial charge in [0.05, 0.1) is 22.1 Å². The Morgan fingerprint density at radius 3 is 2.54 bits per heavy atom. The van der Waals surface area contributed by atoms with Gasteiger partial charge in [-0.3, -0.25) is 4.79 Å². The summed E-state index contributed by atoms with van der Waals surface area (Å²) >= 11 is 0. The molecule has 1 aliphatic carbocycles. The Morgan fingerprint density at radius 1 is 1.14 bits per heavy atom. The largest absolute Gasteiger partial charge is 0.366 e. The molecular formula is C27H33FN4O2S. The van der Waals surface area contributed by atoms with Crippen molar-refractivity contribution in [3.05, 3.63) is 59.0 Å². The summed E-state index contributed by atoms with van der Waals surface area (Å²) in [6.07, 6.45) is 7.35. The van der Waals surface area contributed by atoms with Crippen LogP contribution in [-0.2, 0) is 17.5 Å². The quantitative estimate of drug-likeness (QED) is 0.426. The topological polar surface area (TPSA) is 91.2 Å². The van der Waals surface area contributed by atoms with Crippen molar-refractivity contribution in [1.82, 2.24) is 14.6 Å². The number of rotatable bonds is 8. The van der Waals surface area contributed by atoms with E-state index in [9.17, 15) is 13.4 Å². The molecule has 1 aliphatic heterocycles. The number of hydrogen-bond donors (Lipinski definition) is 3. The van der Waals surface area contributed by atoms with Crippen LogP contribution in [0.3, 0.4) is 0 Å². The van der Waals surface area contributed by atoms with E-state index in [0.29, 0.717) is 29.8 Å². The van der Waals surface area contributed by atoms with Crippen molar-refractivity contribution in [2.75, 3.05) is 18.8 Å². The maximum Gasteiger partial charge on any atom is 0.250 e. The molecule has 8 heteroatoms. The summed E-state index contributed by atoms with van der Waals surface area (Å²) in [5.74, 6) is 0.120. The predicted molar refractivity (Wildman–Crippen MR) is 139 cm³/mol. The molecule has 1 aromatic heterocycles. The molecule has 3 aromatic rings. The number of nitrogens with one attached hydrogen (secondary N) is 2. The van der Waals surface area contributed by atoms with Crippen LogP contribution in [-0.4, -0.2) is 44.3 Å². The first-order valence-electron chi connectivity index (χ1n) is 12.5. The second-order valence-electron chi connectivity index (χ2n) is 9.72. The van der Waals surface area contributed by atoms with Crippen molar-refractivity contribution >= 4 is 27.8 Å². The second-order valence-corrected chi connectivity index (χ2v) is 11.5. The number of aromatic nitrogens is 1. The minimum atomic E-state index is -0.924. The number of piperidine rings is 1. The van der Waals surface area contributed by atoms with E-state index in [4.69, 9.17) is 5.73 Å². The lowest BCUT2D eigenvalue weighted by atomic mass is 9.88. The Balaban J connectivity index is 1.48. The van der Waals surface area contributed by atoms with Gasteiger partial charge in [-0.1, -0.05) is 13.3 Å². The maximum atomic E-state index is 14.6. The Hall–Kier alpha value is -2.55. The predicted octanol–water partition coefficient (Wildman–Crippen LogP) is 4.58. The van der Waals surface area contributed by atoms with Crippen molar-refractivity contribution in [2.24, 2.45) is 5.73 Å². The molecule has 2 heterocycles. The zero-order valence-corrected chi connectivity index (χ0v) is 20.9. The van der Waals surface area contributed by atoms with Gasteiger partial charge in [0.15, 0.2) is 0 Å². The molecule has 1 amide bonds. The number of aromatic amines is 1. The van der Waals surface area contributed by atoms with Crippen molar-refractivity contribution in [3.63, 3.8) is 0 Å². The molecule has 5 rings (SSSR count). The number of nitrogens with zero attached hydrogens (tertiary/aromatic N) is 1. The minimum Gasteiger partial charge on any atom is -0.366 e. The number of carbonyl (C=O) groups excluding carboxylic acids is 1. The molecule has 1 saturated carbocycles. The molecule has 0 spiro atoms. The number of primary amides is 1. The summed E-state index contributed by atoms with van der Waals surface area (Å²) in [5.41, 5.74) is 10.4. The van der Waals surface area contributed by atoms with Gasteiger partial charge in [-0.25, -0.2) is 12.9 Å². The van der Waals surface area contributed by atoms with E-state index in [1.165, 1.54) is 25.3 Å². The maximum absolute atomic E-state index is 14.6. The van der Waals surface area contributed by atoms with Crippen LogP contribution in [0.4, 0.5) is 4.39 Å². The molecule has 2 aliphatic rings. The van der Waals surface area contributed by atoms with E-state index in [2.05, 4.69) is 10.3 Å². The third-order valence-corrected chi connectivity index (χ3v) is 8.94. The van der Waals surface area contributed by atoms with Crippen molar-refractivity contribution in [1.29, 1.82) is 0 Å². The third-order valence-electron chi connectivity index (χ3n) is 7.51. The lowest BCUT2D eigenvalue weighted by molar-refractivity contribution is 0.100. The fourth-order valence-electron chi connectivity index (χ4n) is 5.30. The number of amides is 1. The van der Waals surface area contributed by atoms with Gasteiger partial charge >= 0.3 is 0 Å². The third kappa shape index (κ3) is 5.06. The molecule has 1 atom stereocenters. The lowest BCUT2D eigenvalue weighted by Gasteiger charge is -2.30. The molecule has 1 saturated heterocycles. The second kappa shape index (κ2) is 10.2. The highest BCUT2D eigenvalue weighted by Crippen LogP contribution is 2.37. The summed E-state index contributed by atoms with van der Waals surface area (Å²) in [6.45, 7) is 4.12. The first kappa shape index (κ1) is 24.2. The minimum absolute atomic E-state index is 0.291.